The fraction of sp³-hybridized carbons (Fsp3) is 0.667. The average Bonchev–Trinajstić information content (AvgIpc) is 1.98. The Morgan fingerprint density at radius 2 is 1.92 bits per heavy atom. The van der Waals surface area contributed by atoms with Crippen LogP contribution in [0.2, 0.25) is 0 Å². The van der Waals surface area contributed by atoms with Crippen LogP contribution in [0, 0.1) is 0 Å². The van der Waals surface area contributed by atoms with E-state index in [0.29, 0.717) is 0 Å². The van der Waals surface area contributed by atoms with E-state index < -0.39 is 0 Å². The molecule has 0 aliphatic heterocycles. The summed E-state index contributed by atoms with van der Waals surface area (Å²) in [4.78, 5) is 12.9. The summed E-state index contributed by atoms with van der Waals surface area (Å²) >= 11 is 0. The third kappa shape index (κ3) is 2.95. The highest BCUT2D eigenvalue weighted by Crippen LogP contribution is 2.11. The number of carbonyl (C=O) groups excluding carboxylic acids is 1. The second-order valence-corrected chi connectivity index (χ2v) is 3.07. The lowest BCUT2D eigenvalue weighted by atomic mass is 10.1. The molecular formula is C9H18N2O. The predicted octanol–water partition coefficient (Wildman–Crippen LogP) is 1.11. The van der Waals surface area contributed by atoms with Gasteiger partial charge in [0, 0.05) is 25.4 Å². The van der Waals surface area contributed by atoms with Crippen LogP contribution in [0.1, 0.15) is 26.7 Å². The number of primary amides is 1. The monoisotopic (exact) mass is 170 g/mol. The molecule has 0 unspecified atom stereocenters. The molecule has 3 heteroatoms. The van der Waals surface area contributed by atoms with Crippen molar-refractivity contribution in [2.45, 2.75) is 26.7 Å². The molecule has 0 heterocycles. The fourth-order valence-corrected chi connectivity index (χ4v) is 1.00. The van der Waals surface area contributed by atoms with Gasteiger partial charge in [-0.3, -0.25) is 4.79 Å². The topological polar surface area (TPSA) is 46.3 Å². The van der Waals surface area contributed by atoms with Crippen molar-refractivity contribution in [1.29, 1.82) is 0 Å². The highest BCUT2D eigenvalue weighted by molar-refractivity contribution is 5.92. The summed E-state index contributed by atoms with van der Waals surface area (Å²) in [5.41, 5.74) is 6.94. The van der Waals surface area contributed by atoms with Crippen LogP contribution >= 0.6 is 0 Å². The van der Waals surface area contributed by atoms with E-state index in [9.17, 15) is 4.79 Å². The minimum atomic E-state index is -0.303. The van der Waals surface area contributed by atoms with Crippen molar-refractivity contribution in [3.8, 4) is 0 Å². The van der Waals surface area contributed by atoms with E-state index in [1.54, 1.807) is 0 Å². The lowest BCUT2D eigenvalue weighted by molar-refractivity contribution is -0.114. The van der Waals surface area contributed by atoms with Crippen LogP contribution in [-0.4, -0.2) is 24.9 Å². The highest BCUT2D eigenvalue weighted by atomic mass is 16.1. The molecule has 1 amide bonds. The molecule has 0 aromatic heterocycles. The third-order valence-electron chi connectivity index (χ3n) is 1.90. The fourth-order valence-electron chi connectivity index (χ4n) is 1.00. The minimum Gasteiger partial charge on any atom is -0.381 e. The number of nitrogens with two attached hydrogens (primary N) is 1. The Hall–Kier alpha value is -0.990. The summed E-state index contributed by atoms with van der Waals surface area (Å²) in [6, 6.07) is 0. The average molecular weight is 170 g/mol. The van der Waals surface area contributed by atoms with Crippen LogP contribution in [0.15, 0.2) is 11.3 Å². The summed E-state index contributed by atoms with van der Waals surface area (Å²) < 4.78 is 0. The number of hydrogen-bond donors (Lipinski definition) is 1. The molecule has 0 aromatic carbocycles. The summed E-state index contributed by atoms with van der Waals surface area (Å²) in [6.07, 6.45) is 1.71. The normalized spacial score (nSPS) is 12.3. The molecule has 0 bridgehead atoms. The first-order valence-corrected chi connectivity index (χ1v) is 4.17. The molecule has 0 rings (SSSR count). The molecule has 0 radical (unpaired) electrons. The number of rotatable bonds is 4. The standard InChI is InChI=1S/C9H18N2O/c1-5-6-8(9(10)12)7(2)11(3)4/h5-6H2,1-4H3,(H2,10,12). The number of carbonyl (C=O) groups is 1. The van der Waals surface area contributed by atoms with Crippen molar-refractivity contribution in [2.75, 3.05) is 14.1 Å². The molecule has 0 saturated carbocycles. The smallest absolute Gasteiger partial charge is 0.246 e. The Bertz CT molecular complexity index is 195. The van der Waals surface area contributed by atoms with Gasteiger partial charge in [-0.2, -0.15) is 0 Å². The van der Waals surface area contributed by atoms with E-state index in [4.69, 9.17) is 5.73 Å². The van der Waals surface area contributed by atoms with Crippen molar-refractivity contribution in [2.24, 2.45) is 5.73 Å². The van der Waals surface area contributed by atoms with E-state index in [1.807, 2.05) is 32.8 Å². The SMILES string of the molecule is CCCC(C(N)=O)=C(C)N(C)C. The Morgan fingerprint density at radius 1 is 1.42 bits per heavy atom. The predicted molar refractivity (Wildman–Crippen MR) is 50.5 cm³/mol. The molecule has 0 aliphatic rings. The van der Waals surface area contributed by atoms with Crippen molar-refractivity contribution in [1.82, 2.24) is 4.90 Å². The zero-order chi connectivity index (χ0) is 9.72. The molecule has 0 aliphatic carbocycles. The van der Waals surface area contributed by atoms with Crippen LogP contribution in [0.4, 0.5) is 0 Å². The Labute approximate surface area is 74.2 Å². The first-order chi connectivity index (χ1) is 5.50. The van der Waals surface area contributed by atoms with Crippen LogP contribution in [0.3, 0.4) is 0 Å². The van der Waals surface area contributed by atoms with Gasteiger partial charge < -0.3 is 10.6 Å². The molecule has 12 heavy (non-hydrogen) atoms. The molecule has 0 fully saturated rings. The van der Waals surface area contributed by atoms with Gasteiger partial charge in [0.2, 0.25) is 5.91 Å². The number of allylic oxidation sites excluding steroid dienone is 1. The third-order valence-corrected chi connectivity index (χ3v) is 1.90. The lowest BCUT2D eigenvalue weighted by Crippen LogP contribution is -2.20. The molecule has 70 valence electrons. The van der Waals surface area contributed by atoms with E-state index in [0.717, 1.165) is 24.1 Å². The molecule has 0 atom stereocenters. The first-order valence-electron chi connectivity index (χ1n) is 4.17. The molecule has 0 spiro atoms. The van der Waals surface area contributed by atoms with Crippen LogP contribution < -0.4 is 5.73 Å². The van der Waals surface area contributed by atoms with Crippen molar-refractivity contribution >= 4 is 5.91 Å². The van der Waals surface area contributed by atoms with Gasteiger partial charge in [0.1, 0.15) is 0 Å². The summed E-state index contributed by atoms with van der Waals surface area (Å²) in [5, 5.41) is 0. The van der Waals surface area contributed by atoms with Gasteiger partial charge in [0.15, 0.2) is 0 Å². The van der Waals surface area contributed by atoms with Crippen molar-refractivity contribution in [3.05, 3.63) is 11.3 Å². The van der Waals surface area contributed by atoms with Gasteiger partial charge in [0.05, 0.1) is 0 Å². The van der Waals surface area contributed by atoms with Crippen LogP contribution in [0.5, 0.6) is 0 Å². The second-order valence-electron chi connectivity index (χ2n) is 3.07. The molecular weight excluding hydrogens is 152 g/mol. The zero-order valence-corrected chi connectivity index (χ0v) is 8.35. The number of amides is 1. The van der Waals surface area contributed by atoms with E-state index in [-0.39, 0.29) is 5.91 Å². The quantitative estimate of drug-likeness (QED) is 0.642. The van der Waals surface area contributed by atoms with Crippen LogP contribution in [0.25, 0.3) is 0 Å². The summed E-state index contributed by atoms with van der Waals surface area (Å²) in [6.45, 7) is 3.95. The maximum absolute atomic E-state index is 11.0. The maximum Gasteiger partial charge on any atom is 0.246 e. The summed E-state index contributed by atoms with van der Waals surface area (Å²) in [5.74, 6) is -0.303. The Kier molecular flexibility index (Phi) is 4.40. The Morgan fingerprint density at radius 3 is 2.17 bits per heavy atom. The largest absolute Gasteiger partial charge is 0.381 e. The number of nitrogens with zero attached hydrogens (tertiary/aromatic N) is 1. The molecule has 0 saturated heterocycles. The van der Waals surface area contributed by atoms with Gasteiger partial charge in [-0.25, -0.2) is 0 Å². The van der Waals surface area contributed by atoms with Gasteiger partial charge in [-0.1, -0.05) is 13.3 Å². The Balaban J connectivity index is 4.67. The zero-order valence-electron chi connectivity index (χ0n) is 8.35. The van der Waals surface area contributed by atoms with Gasteiger partial charge in [-0.15, -0.1) is 0 Å². The van der Waals surface area contributed by atoms with Gasteiger partial charge in [0.25, 0.3) is 0 Å². The number of hydrogen-bond acceptors (Lipinski definition) is 2. The lowest BCUT2D eigenvalue weighted by Gasteiger charge is -2.16. The van der Waals surface area contributed by atoms with E-state index >= 15 is 0 Å². The molecule has 0 aromatic rings. The van der Waals surface area contributed by atoms with E-state index in [2.05, 4.69) is 0 Å². The minimum absolute atomic E-state index is 0.303. The van der Waals surface area contributed by atoms with Gasteiger partial charge >= 0.3 is 0 Å². The second kappa shape index (κ2) is 4.80. The highest BCUT2D eigenvalue weighted by Gasteiger charge is 2.08. The molecule has 2 N–H and O–H groups in total. The summed E-state index contributed by atoms with van der Waals surface area (Å²) in [7, 11) is 3.82. The maximum atomic E-state index is 11.0. The first kappa shape index (κ1) is 11.0. The van der Waals surface area contributed by atoms with E-state index in [1.165, 1.54) is 0 Å². The van der Waals surface area contributed by atoms with Gasteiger partial charge in [-0.05, 0) is 13.3 Å². The van der Waals surface area contributed by atoms with Crippen molar-refractivity contribution < 1.29 is 4.79 Å². The molecule has 3 nitrogen and oxygen atoms in total. The van der Waals surface area contributed by atoms with Crippen molar-refractivity contribution in [3.63, 3.8) is 0 Å². The van der Waals surface area contributed by atoms with Crippen LogP contribution in [-0.2, 0) is 4.79 Å².